The number of nitrogens with one attached hydrogen (secondary N) is 1. The molecule has 0 radical (unpaired) electrons. The van der Waals surface area contributed by atoms with Gasteiger partial charge >= 0.3 is 5.97 Å². The standard InChI is InChI=1S/C9H18N3O4/c1-9(2,3)8(13)15-7-16-10-12(14)11-5-4-6-11/h10H,4-7H2,1-3H3/q-1. The van der Waals surface area contributed by atoms with Crippen molar-refractivity contribution in [3.05, 3.63) is 5.21 Å². The first-order chi connectivity index (χ1) is 7.41. The lowest BCUT2D eigenvalue weighted by atomic mass is 9.98. The maximum Gasteiger partial charge on any atom is 0.313 e. The molecule has 0 atom stereocenters. The molecule has 1 heterocycles. The quantitative estimate of drug-likeness (QED) is 0.318. The third-order valence-corrected chi connectivity index (χ3v) is 2.09. The Morgan fingerprint density at radius 2 is 2.12 bits per heavy atom. The molecule has 0 spiro atoms. The first-order valence-electron chi connectivity index (χ1n) is 5.18. The lowest BCUT2D eigenvalue weighted by molar-refractivity contribution is -0.220. The highest BCUT2D eigenvalue weighted by Crippen LogP contribution is 2.14. The maximum absolute atomic E-state index is 11.3. The van der Waals surface area contributed by atoms with Gasteiger partial charge in [0.25, 0.3) is 0 Å². The fraction of sp³-hybridized carbons (Fsp3) is 0.889. The average molecular weight is 232 g/mol. The fourth-order valence-corrected chi connectivity index (χ4v) is 0.920. The van der Waals surface area contributed by atoms with Gasteiger partial charge in [-0.3, -0.25) is 4.79 Å². The van der Waals surface area contributed by atoms with Gasteiger partial charge in [0.2, 0.25) is 6.79 Å². The Labute approximate surface area is 94.8 Å². The number of carbonyl (C=O) groups is 1. The number of rotatable bonds is 5. The van der Waals surface area contributed by atoms with Gasteiger partial charge in [-0.25, -0.2) is 15.1 Å². The molecule has 0 aromatic heterocycles. The van der Waals surface area contributed by atoms with Crippen molar-refractivity contribution in [2.75, 3.05) is 19.9 Å². The van der Waals surface area contributed by atoms with Gasteiger partial charge in [0.15, 0.2) is 0 Å². The Hall–Kier alpha value is -0.730. The van der Waals surface area contributed by atoms with E-state index in [0.717, 1.165) is 6.42 Å². The molecule has 94 valence electrons. The van der Waals surface area contributed by atoms with E-state index in [2.05, 4.69) is 5.59 Å². The topological polar surface area (TPSA) is 77.1 Å². The van der Waals surface area contributed by atoms with E-state index < -0.39 is 5.41 Å². The van der Waals surface area contributed by atoms with Crippen LogP contribution in [0.1, 0.15) is 27.2 Å². The van der Waals surface area contributed by atoms with Crippen molar-refractivity contribution in [3.63, 3.8) is 0 Å². The van der Waals surface area contributed by atoms with Gasteiger partial charge < -0.3 is 9.94 Å². The average Bonchev–Trinajstić information content (AvgIpc) is 2.07. The summed E-state index contributed by atoms with van der Waals surface area (Å²) in [6.45, 7) is 6.35. The van der Waals surface area contributed by atoms with Gasteiger partial charge in [-0.1, -0.05) is 0 Å². The maximum atomic E-state index is 11.3. The predicted octanol–water partition coefficient (Wildman–Crippen LogP) is 0.390. The Morgan fingerprint density at radius 3 is 2.56 bits per heavy atom. The largest absolute Gasteiger partial charge is 0.756 e. The van der Waals surface area contributed by atoms with Crippen molar-refractivity contribution in [3.8, 4) is 0 Å². The number of carbonyl (C=O) groups excluding carboxylic acids is 1. The highest BCUT2D eigenvalue weighted by molar-refractivity contribution is 5.75. The smallest absolute Gasteiger partial charge is 0.313 e. The molecule has 7 nitrogen and oxygen atoms in total. The number of ether oxygens (including phenoxy) is 1. The van der Waals surface area contributed by atoms with Crippen LogP contribution in [-0.2, 0) is 14.4 Å². The van der Waals surface area contributed by atoms with Crippen LogP contribution in [0.2, 0.25) is 0 Å². The molecule has 0 bridgehead atoms. The van der Waals surface area contributed by atoms with E-state index in [9.17, 15) is 10.0 Å². The minimum Gasteiger partial charge on any atom is -0.756 e. The third kappa shape index (κ3) is 4.03. The minimum absolute atomic E-state index is 0.289. The summed E-state index contributed by atoms with van der Waals surface area (Å²) in [7, 11) is 0. The van der Waals surface area contributed by atoms with Crippen LogP contribution in [0.5, 0.6) is 0 Å². The zero-order valence-electron chi connectivity index (χ0n) is 9.86. The number of esters is 1. The van der Waals surface area contributed by atoms with Crippen LogP contribution in [0.25, 0.3) is 0 Å². The minimum atomic E-state index is -0.571. The lowest BCUT2D eigenvalue weighted by Gasteiger charge is -2.44. The van der Waals surface area contributed by atoms with Crippen LogP contribution in [0.4, 0.5) is 0 Å². The van der Waals surface area contributed by atoms with Gasteiger partial charge in [-0.15, -0.1) is 5.59 Å². The van der Waals surface area contributed by atoms with E-state index in [1.54, 1.807) is 20.8 Å². The van der Waals surface area contributed by atoms with E-state index in [1.165, 1.54) is 5.01 Å². The van der Waals surface area contributed by atoms with Crippen LogP contribution in [0, 0.1) is 10.6 Å². The molecule has 1 N–H and O–H groups in total. The molecule has 0 aromatic rings. The van der Waals surface area contributed by atoms with Crippen molar-refractivity contribution < 1.29 is 14.4 Å². The monoisotopic (exact) mass is 232 g/mol. The molecule has 7 heteroatoms. The predicted molar refractivity (Wildman–Crippen MR) is 56.0 cm³/mol. The normalized spacial score (nSPS) is 17.3. The third-order valence-electron chi connectivity index (χ3n) is 2.09. The molecule has 0 aliphatic carbocycles. The summed E-state index contributed by atoms with van der Waals surface area (Å²) in [6.07, 6.45) is 0.999. The summed E-state index contributed by atoms with van der Waals surface area (Å²) in [5, 5.41) is 13.1. The van der Waals surface area contributed by atoms with Crippen molar-refractivity contribution >= 4 is 5.97 Å². The van der Waals surface area contributed by atoms with Crippen LogP contribution < -0.4 is 5.59 Å². The summed E-state index contributed by atoms with van der Waals surface area (Å²) in [6, 6.07) is 0. The Kier molecular flexibility index (Phi) is 4.63. The first-order valence-corrected chi connectivity index (χ1v) is 5.18. The highest BCUT2D eigenvalue weighted by atomic mass is 16.8. The first kappa shape index (κ1) is 13.3. The second-order valence-electron chi connectivity index (χ2n) is 4.62. The van der Waals surface area contributed by atoms with Crippen molar-refractivity contribution in [2.24, 2.45) is 5.41 Å². The number of hydrazine groups is 2. The van der Waals surface area contributed by atoms with Gasteiger partial charge in [0.05, 0.1) is 5.41 Å². The molecular formula is C9H18N3O4-. The number of nitrogens with zero attached hydrogens (tertiary/aromatic N) is 2. The van der Waals surface area contributed by atoms with E-state index in [4.69, 9.17) is 9.57 Å². The van der Waals surface area contributed by atoms with Crippen LogP contribution in [0.3, 0.4) is 0 Å². The second kappa shape index (κ2) is 5.55. The molecule has 16 heavy (non-hydrogen) atoms. The van der Waals surface area contributed by atoms with Crippen LogP contribution >= 0.6 is 0 Å². The van der Waals surface area contributed by atoms with Gasteiger partial charge in [0, 0.05) is 13.1 Å². The molecule has 0 unspecified atom stereocenters. The number of hydrogen-bond acceptors (Lipinski definition) is 7. The summed E-state index contributed by atoms with van der Waals surface area (Å²) < 4.78 is 4.78. The van der Waals surface area contributed by atoms with Crippen LogP contribution in [-0.4, -0.2) is 36.1 Å². The Balaban J connectivity index is 2.05. The van der Waals surface area contributed by atoms with Crippen molar-refractivity contribution in [2.45, 2.75) is 27.2 Å². The van der Waals surface area contributed by atoms with E-state index in [0.29, 0.717) is 18.4 Å². The molecule has 0 amide bonds. The Bertz CT molecular complexity index is 237. The molecular weight excluding hydrogens is 214 g/mol. The van der Waals surface area contributed by atoms with E-state index in [1.807, 2.05) is 0 Å². The summed E-state index contributed by atoms with van der Waals surface area (Å²) in [4.78, 5) is 16.0. The highest BCUT2D eigenvalue weighted by Gasteiger charge is 2.23. The fourth-order valence-electron chi connectivity index (χ4n) is 0.920. The second-order valence-corrected chi connectivity index (χ2v) is 4.62. The Morgan fingerprint density at radius 1 is 1.50 bits per heavy atom. The zero-order valence-corrected chi connectivity index (χ0v) is 9.86. The molecule has 1 fully saturated rings. The summed E-state index contributed by atoms with van der Waals surface area (Å²) in [5.74, 6) is -0.379. The summed E-state index contributed by atoms with van der Waals surface area (Å²) in [5.41, 5.74) is 1.55. The molecule has 1 saturated heterocycles. The van der Waals surface area contributed by atoms with Gasteiger partial charge in [-0.05, 0) is 27.2 Å². The van der Waals surface area contributed by atoms with Crippen molar-refractivity contribution in [1.29, 1.82) is 0 Å². The number of hydrogen-bond donors (Lipinski definition) is 1. The molecule has 1 aliphatic heterocycles. The molecule has 1 rings (SSSR count). The molecule has 0 saturated carbocycles. The van der Waals surface area contributed by atoms with Crippen LogP contribution in [0.15, 0.2) is 0 Å². The molecule has 0 aromatic carbocycles. The molecule has 1 aliphatic rings. The van der Waals surface area contributed by atoms with Gasteiger partial charge in [-0.2, -0.15) is 0 Å². The van der Waals surface area contributed by atoms with E-state index in [-0.39, 0.29) is 12.8 Å². The SMILES string of the molecule is CC(C)(C)C(=O)OCONN([O-])N1CCC1. The van der Waals surface area contributed by atoms with E-state index >= 15 is 0 Å². The lowest BCUT2D eigenvalue weighted by Crippen LogP contribution is -2.53. The van der Waals surface area contributed by atoms with Gasteiger partial charge in [0.1, 0.15) is 0 Å². The zero-order chi connectivity index (χ0) is 12.2. The van der Waals surface area contributed by atoms with Crippen molar-refractivity contribution in [1.82, 2.24) is 15.9 Å². The summed E-state index contributed by atoms with van der Waals surface area (Å²) >= 11 is 0.